The van der Waals surface area contributed by atoms with Crippen molar-refractivity contribution in [2.75, 3.05) is 11.9 Å². The van der Waals surface area contributed by atoms with Crippen LogP contribution in [-0.4, -0.2) is 45.4 Å². The smallest absolute Gasteiger partial charge is 0.365 e. The van der Waals surface area contributed by atoms with E-state index in [2.05, 4.69) is 28.8 Å². The molecule has 9 heteroatoms. The summed E-state index contributed by atoms with van der Waals surface area (Å²) in [7, 11) is 0.587. The molecular formula is C10H15N4O3S2+. The first kappa shape index (κ1) is 14.2. The molecule has 1 aromatic rings. The molecule has 2 atom stereocenters. The highest BCUT2D eigenvalue weighted by Crippen LogP contribution is 2.39. The van der Waals surface area contributed by atoms with Gasteiger partial charge in [-0.25, -0.2) is 4.79 Å². The van der Waals surface area contributed by atoms with E-state index in [4.69, 9.17) is 0 Å². The van der Waals surface area contributed by atoms with Crippen molar-refractivity contribution in [3.8, 4) is 0 Å². The monoisotopic (exact) mass is 303 g/mol. The number of imide groups is 1. The highest BCUT2D eigenvalue weighted by atomic mass is 33.1. The zero-order valence-electron chi connectivity index (χ0n) is 10.6. The summed E-state index contributed by atoms with van der Waals surface area (Å²) in [4.78, 5) is 25.5. The van der Waals surface area contributed by atoms with Crippen LogP contribution in [0.2, 0.25) is 0 Å². The van der Waals surface area contributed by atoms with Gasteiger partial charge in [0.1, 0.15) is 21.2 Å². The van der Waals surface area contributed by atoms with Gasteiger partial charge in [-0.05, 0) is 6.42 Å². The topological polar surface area (TPSA) is 86.6 Å². The third kappa shape index (κ3) is 2.33. The number of anilines is 1. The fourth-order valence-electron chi connectivity index (χ4n) is 1.70. The summed E-state index contributed by atoms with van der Waals surface area (Å²) in [6, 6.07) is -0.602. The van der Waals surface area contributed by atoms with Crippen LogP contribution in [0.15, 0.2) is 0 Å². The van der Waals surface area contributed by atoms with Gasteiger partial charge in [-0.3, -0.25) is 9.69 Å². The van der Waals surface area contributed by atoms with Gasteiger partial charge >= 0.3 is 11.2 Å². The summed E-state index contributed by atoms with van der Waals surface area (Å²) < 4.78 is 0. The summed E-state index contributed by atoms with van der Waals surface area (Å²) in [5.74, 6) is -0.704. The fraction of sp³-hybridized carbons (Fsp3) is 0.600. The van der Waals surface area contributed by atoms with E-state index in [0.29, 0.717) is 0 Å². The summed E-state index contributed by atoms with van der Waals surface area (Å²) >= 11 is 4.39. The molecule has 1 aromatic heterocycles. The lowest BCUT2D eigenvalue weighted by molar-refractivity contribution is -0.128. The largest absolute Gasteiger partial charge is 0.391 e. The van der Waals surface area contributed by atoms with Crippen molar-refractivity contribution in [1.82, 2.24) is 15.1 Å². The van der Waals surface area contributed by atoms with E-state index in [1.165, 1.54) is 7.05 Å². The predicted octanol–water partition coefficient (Wildman–Crippen LogP) is 0.978. The molecule has 0 saturated carbocycles. The molecule has 0 aromatic carbocycles. The summed E-state index contributed by atoms with van der Waals surface area (Å²) in [5.41, 5.74) is 0. The Hall–Kier alpha value is -1.19. The lowest BCUT2D eigenvalue weighted by Crippen LogP contribution is -2.31. The van der Waals surface area contributed by atoms with Gasteiger partial charge in [0, 0.05) is 13.5 Å². The van der Waals surface area contributed by atoms with Crippen molar-refractivity contribution >= 4 is 38.2 Å². The second kappa shape index (κ2) is 5.43. The molecule has 1 fully saturated rings. The van der Waals surface area contributed by atoms with E-state index in [-0.39, 0.29) is 5.13 Å². The van der Waals surface area contributed by atoms with Gasteiger partial charge in [-0.1, -0.05) is 23.5 Å². The number of urea groups is 1. The van der Waals surface area contributed by atoms with Crippen LogP contribution in [0.5, 0.6) is 0 Å². The molecule has 1 aliphatic heterocycles. The highest BCUT2D eigenvalue weighted by molar-refractivity contribution is 8.34. The molecule has 0 aliphatic carbocycles. The first-order valence-electron chi connectivity index (χ1n) is 5.85. The third-order valence-electron chi connectivity index (χ3n) is 2.88. The van der Waals surface area contributed by atoms with E-state index < -0.39 is 27.7 Å². The van der Waals surface area contributed by atoms with Crippen LogP contribution in [0.3, 0.4) is 0 Å². The van der Waals surface area contributed by atoms with Gasteiger partial charge < -0.3 is 5.11 Å². The number of aliphatic hydroxyl groups is 1. The van der Waals surface area contributed by atoms with E-state index >= 15 is 0 Å². The number of carbonyl (C=O) groups excluding carboxylic acids is 2. The molecule has 0 bridgehead atoms. The van der Waals surface area contributed by atoms with E-state index in [1.807, 2.05) is 0 Å². The summed E-state index contributed by atoms with van der Waals surface area (Å²) in [6.07, 6.45) is 1.25. The zero-order valence-corrected chi connectivity index (χ0v) is 12.3. The van der Waals surface area contributed by atoms with Gasteiger partial charge in [0.15, 0.2) is 0 Å². The lowest BCUT2D eigenvalue weighted by Gasteiger charge is -2.08. The first-order chi connectivity index (χ1) is 8.99. The Labute approximate surface area is 118 Å². The maximum absolute atomic E-state index is 11.9. The van der Waals surface area contributed by atoms with Crippen LogP contribution in [0.1, 0.15) is 24.8 Å². The second-order valence-electron chi connectivity index (χ2n) is 4.21. The molecule has 19 heavy (non-hydrogen) atoms. The minimum Gasteiger partial charge on any atom is -0.365 e. The van der Waals surface area contributed by atoms with Crippen LogP contribution in [0.25, 0.3) is 0 Å². The Bertz CT molecular complexity index is 499. The van der Waals surface area contributed by atoms with Gasteiger partial charge in [-0.15, -0.1) is 0 Å². The third-order valence-corrected chi connectivity index (χ3v) is 5.34. The molecular weight excluding hydrogens is 288 g/mol. The minimum absolute atomic E-state index is 0.202. The minimum atomic E-state index is -1.46. The number of amides is 3. The Morgan fingerprint density at radius 2 is 2.11 bits per heavy atom. The molecule has 1 N–H and O–H groups in total. The summed E-state index contributed by atoms with van der Waals surface area (Å²) in [6.45, 7) is 2.06. The molecule has 2 heterocycles. The van der Waals surface area contributed by atoms with Crippen molar-refractivity contribution in [3.63, 3.8) is 0 Å². The average molecular weight is 303 g/mol. The number of aryl methyl sites for hydroxylation is 1. The first-order valence-corrected chi connectivity index (χ1v) is 8.13. The maximum Gasteiger partial charge on any atom is 0.391 e. The number of aliphatic hydroxyl groups excluding tert-OH is 1. The zero-order chi connectivity index (χ0) is 14.2. The number of likely N-dealkylation sites (N-methyl/N-ethyl adjacent to an activating group) is 1. The Morgan fingerprint density at radius 1 is 1.42 bits per heavy atom. The predicted molar refractivity (Wildman–Crippen MR) is 74.2 cm³/mol. The number of aromatic nitrogens is 2. The van der Waals surface area contributed by atoms with Crippen LogP contribution in [0.4, 0.5) is 9.93 Å². The van der Waals surface area contributed by atoms with E-state index in [1.54, 1.807) is 0 Å². The van der Waals surface area contributed by atoms with Gasteiger partial charge in [0.2, 0.25) is 6.23 Å². The molecule has 3 amide bonds. The van der Waals surface area contributed by atoms with Crippen molar-refractivity contribution < 1.29 is 14.7 Å². The SMILES string of the molecule is CCCCc1nnc(N2C(=O)C(O)N(C)C2=O)[s+]1S. The Morgan fingerprint density at radius 3 is 2.63 bits per heavy atom. The van der Waals surface area contributed by atoms with Crippen molar-refractivity contribution in [2.24, 2.45) is 0 Å². The fourth-order valence-corrected chi connectivity index (χ4v) is 3.56. The standard InChI is InChI=1S/C10H15N4O3S2/c1-3-4-5-6-11-12-9(19(6)18)14-8(16)7(15)13(2)10(14)17/h7,15,18H,3-5H2,1-2H3/q+1. The second-order valence-corrected chi connectivity index (χ2v) is 6.71. The molecule has 0 spiro atoms. The van der Waals surface area contributed by atoms with E-state index in [9.17, 15) is 14.7 Å². The molecule has 2 rings (SSSR count). The van der Waals surface area contributed by atoms with Gasteiger partial charge in [-0.2, -0.15) is 4.90 Å². The number of nitrogens with zero attached hydrogens (tertiary/aromatic N) is 4. The number of unbranched alkanes of at least 4 members (excludes halogenated alkanes) is 1. The van der Waals surface area contributed by atoms with Gasteiger partial charge in [0.25, 0.3) is 10.9 Å². The number of hydrogen-bond donors (Lipinski definition) is 2. The number of rotatable bonds is 4. The number of carbonyl (C=O) groups is 2. The number of hydrogen-bond acceptors (Lipinski definition) is 6. The van der Waals surface area contributed by atoms with Crippen molar-refractivity contribution in [1.29, 1.82) is 0 Å². The Kier molecular flexibility index (Phi) is 4.07. The van der Waals surface area contributed by atoms with Crippen LogP contribution in [0, 0.1) is 0 Å². The maximum atomic E-state index is 11.9. The molecule has 1 aliphatic rings. The van der Waals surface area contributed by atoms with Gasteiger partial charge in [0.05, 0.1) is 0 Å². The van der Waals surface area contributed by atoms with Crippen LogP contribution in [-0.2, 0) is 11.2 Å². The molecule has 7 nitrogen and oxygen atoms in total. The molecule has 2 unspecified atom stereocenters. The highest BCUT2D eigenvalue weighted by Gasteiger charge is 2.48. The normalized spacial score (nSPS) is 20.6. The number of thiol groups is 1. The lowest BCUT2D eigenvalue weighted by atomic mass is 10.3. The van der Waals surface area contributed by atoms with Crippen molar-refractivity contribution in [2.45, 2.75) is 32.4 Å². The summed E-state index contributed by atoms with van der Waals surface area (Å²) in [5, 5.41) is 18.4. The van der Waals surface area contributed by atoms with Crippen LogP contribution >= 0.6 is 21.2 Å². The Balaban J connectivity index is 2.30. The quantitative estimate of drug-likeness (QED) is 0.375. The average Bonchev–Trinajstić information content (AvgIpc) is 2.83. The molecule has 0 radical (unpaired) electrons. The molecule has 1 saturated heterocycles. The van der Waals surface area contributed by atoms with E-state index in [0.717, 1.165) is 34.1 Å². The molecule has 104 valence electrons. The van der Waals surface area contributed by atoms with Crippen LogP contribution < -0.4 is 4.90 Å². The van der Waals surface area contributed by atoms with Crippen molar-refractivity contribution in [3.05, 3.63) is 5.01 Å².